The van der Waals surface area contributed by atoms with Crippen molar-refractivity contribution in [3.63, 3.8) is 0 Å². The van der Waals surface area contributed by atoms with Gasteiger partial charge in [-0.15, -0.1) is 0 Å². The van der Waals surface area contributed by atoms with Crippen molar-refractivity contribution >= 4 is 12.0 Å². The van der Waals surface area contributed by atoms with Crippen LogP contribution in [0, 0.1) is 0 Å². The highest BCUT2D eigenvalue weighted by atomic mass is 16.6. The lowest BCUT2D eigenvalue weighted by Gasteiger charge is -2.21. The van der Waals surface area contributed by atoms with E-state index in [4.69, 9.17) is 4.74 Å². The van der Waals surface area contributed by atoms with Crippen molar-refractivity contribution in [1.82, 2.24) is 10.6 Å². The molecule has 2 N–H and O–H groups in total. The predicted octanol–water partition coefficient (Wildman–Crippen LogP) is 2.96. The standard InChI is InChI=1S/C18H26N2O3/c1-12(19-17(22)23-18(2,3)4)10-16(21)20-15-11-14(15)13-8-6-5-7-9-13/h5-9,12,14-15H,10-11H2,1-4H3,(H,19,22)(H,20,21). The van der Waals surface area contributed by atoms with Crippen LogP contribution in [0.5, 0.6) is 0 Å². The molecule has 1 aliphatic rings. The molecule has 0 saturated heterocycles. The summed E-state index contributed by atoms with van der Waals surface area (Å²) in [5.41, 5.74) is 0.723. The Morgan fingerprint density at radius 3 is 2.52 bits per heavy atom. The zero-order valence-corrected chi connectivity index (χ0v) is 14.3. The largest absolute Gasteiger partial charge is 0.444 e. The molecule has 3 atom stereocenters. The smallest absolute Gasteiger partial charge is 0.407 e. The van der Waals surface area contributed by atoms with E-state index in [9.17, 15) is 9.59 Å². The highest BCUT2D eigenvalue weighted by Gasteiger charge is 2.39. The highest BCUT2D eigenvalue weighted by molar-refractivity contribution is 5.78. The normalized spacial score (nSPS) is 21.2. The van der Waals surface area contributed by atoms with Crippen LogP contribution in [0.25, 0.3) is 0 Å². The van der Waals surface area contributed by atoms with Crippen LogP contribution < -0.4 is 10.6 Å². The fraction of sp³-hybridized carbons (Fsp3) is 0.556. The zero-order valence-electron chi connectivity index (χ0n) is 14.3. The molecule has 1 aromatic carbocycles. The average Bonchev–Trinajstić information content (AvgIpc) is 3.15. The van der Waals surface area contributed by atoms with Gasteiger partial charge in [0.25, 0.3) is 0 Å². The number of alkyl carbamates (subject to hydrolysis) is 1. The first-order valence-corrected chi connectivity index (χ1v) is 8.08. The predicted molar refractivity (Wildman–Crippen MR) is 89.2 cm³/mol. The number of nitrogens with one attached hydrogen (secondary N) is 2. The second kappa shape index (κ2) is 7.02. The van der Waals surface area contributed by atoms with Crippen LogP contribution in [0.4, 0.5) is 4.79 Å². The zero-order chi connectivity index (χ0) is 17.0. The average molecular weight is 318 g/mol. The van der Waals surface area contributed by atoms with E-state index in [2.05, 4.69) is 22.8 Å². The van der Waals surface area contributed by atoms with Gasteiger partial charge in [-0.1, -0.05) is 30.3 Å². The van der Waals surface area contributed by atoms with Gasteiger partial charge in [0.15, 0.2) is 0 Å². The lowest BCUT2D eigenvalue weighted by Crippen LogP contribution is -2.40. The van der Waals surface area contributed by atoms with Crippen molar-refractivity contribution in [3.8, 4) is 0 Å². The number of ether oxygens (including phenoxy) is 1. The maximum absolute atomic E-state index is 12.0. The van der Waals surface area contributed by atoms with Gasteiger partial charge in [0.1, 0.15) is 5.60 Å². The molecule has 2 amide bonds. The number of amides is 2. The van der Waals surface area contributed by atoms with E-state index in [1.807, 2.05) is 18.2 Å². The van der Waals surface area contributed by atoms with Crippen molar-refractivity contribution < 1.29 is 14.3 Å². The monoisotopic (exact) mass is 318 g/mol. The molecule has 2 rings (SSSR count). The SMILES string of the molecule is CC(CC(=O)NC1CC1c1ccccc1)NC(=O)OC(C)(C)C. The first kappa shape index (κ1) is 17.3. The highest BCUT2D eigenvalue weighted by Crippen LogP contribution is 2.40. The molecule has 0 bridgehead atoms. The lowest BCUT2D eigenvalue weighted by atomic mass is 10.1. The van der Waals surface area contributed by atoms with E-state index in [1.54, 1.807) is 27.7 Å². The number of benzene rings is 1. The van der Waals surface area contributed by atoms with E-state index >= 15 is 0 Å². The molecule has 1 aromatic rings. The van der Waals surface area contributed by atoms with Crippen molar-refractivity contribution in [2.24, 2.45) is 0 Å². The van der Waals surface area contributed by atoms with Crippen LogP contribution >= 0.6 is 0 Å². The number of rotatable bonds is 5. The van der Waals surface area contributed by atoms with Gasteiger partial charge in [-0.25, -0.2) is 4.79 Å². The third-order valence-corrected chi connectivity index (χ3v) is 3.62. The summed E-state index contributed by atoms with van der Waals surface area (Å²) < 4.78 is 5.18. The maximum atomic E-state index is 12.0. The Labute approximate surface area is 137 Å². The molecule has 1 aliphatic carbocycles. The summed E-state index contributed by atoms with van der Waals surface area (Å²) in [7, 11) is 0. The van der Waals surface area contributed by atoms with E-state index in [0.717, 1.165) is 6.42 Å². The minimum absolute atomic E-state index is 0.0445. The first-order chi connectivity index (χ1) is 10.7. The summed E-state index contributed by atoms with van der Waals surface area (Å²) in [5, 5.41) is 5.71. The lowest BCUT2D eigenvalue weighted by molar-refractivity contribution is -0.121. The first-order valence-electron chi connectivity index (χ1n) is 8.08. The van der Waals surface area contributed by atoms with Gasteiger partial charge >= 0.3 is 6.09 Å². The minimum Gasteiger partial charge on any atom is -0.444 e. The second-order valence-electron chi connectivity index (χ2n) is 7.18. The molecule has 3 unspecified atom stereocenters. The molecule has 0 heterocycles. The summed E-state index contributed by atoms with van der Waals surface area (Å²) in [6.07, 6.45) is 0.729. The van der Waals surface area contributed by atoms with Gasteiger partial charge in [-0.3, -0.25) is 4.79 Å². The van der Waals surface area contributed by atoms with Gasteiger partial charge in [-0.05, 0) is 39.7 Å². The van der Waals surface area contributed by atoms with Crippen molar-refractivity contribution in [2.75, 3.05) is 0 Å². The quantitative estimate of drug-likeness (QED) is 0.877. The van der Waals surface area contributed by atoms with Crippen LogP contribution in [-0.2, 0) is 9.53 Å². The van der Waals surface area contributed by atoms with Crippen LogP contribution in [0.15, 0.2) is 30.3 Å². The molecule has 23 heavy (non-hydrogen) atoms. The Balaban J connectivity index is 1.70. The van der Waals surface area contributed by atoms with Gasteiger partial charge in [0.2, 0.25) is 5.91 Å². The van der Waals surface area contributed by atoms with E-state index in [1.165, 1.54) is 5.56 Å². The Kier molecular flexibility index (Phi) is 5.29. The molecule has 126 valence electrons. The number of hydrogen-bond donors (Lipinski definition) is 2. The molecular formula is C18H26N2O3. The summed E-state index contributed by atoms with van der Waals surface area (Å²) in [5.74, 6) is 0.367. The Morgan fingerprint density at radius 1 is 1.26 bits per heavy atom. The number of carbonyl (C=O) groups is 2. The molecule has 0 aliphatic heterocycles. The molecule has 0 spiro atoms. The topological polar surface area (TPSA) is 67.4 Å². The van der Waals surface area contributed by atoms with Crippen LogP contribution in [0.1, 0.15) is 52.0 Å². The van der Waals surface area contributed by atoms with Crippen LogP contribution in [-0.4, -0.2) is 29.7 Å². The summed E-state index contributed by atoms with van der Waals surface area (Å²) in [6.45, 7) is 7.22. The molecule has 1 fully saturated rings. The fourth-order valence-electron chi connectivity index (χ4n) is 2.53. The second-order valence-corrected chi connectivity index (χ2v) is 7.18. The molecule has 5 nitrogen and oxygen atoms in total. The third kappa shape index (κ3) is 5.93. The van der Waals surface area contributed by atoms with E-state index in [0.29, 0.717) is 5.92 Å². The molecule has 5 heteroatoms. The Bertz CT molecular complexity index is 551. The summed E-state index contributed by atoms with van der Waals surface area (Å²) >= 11 is 0. The van der Waals surface area contributed by atoms with Crippen LogP contribution in [0.2, 0.25) is 0 Å². The fourth-order valence-corrected chi connectivity index (χ4v) is 2.53. The molecule has 1 saturated carbocycles. The summed E-state index contributed by atoms with van der Waals surface area (Å²) in [4.78, 5) is 23.7. The maximum Gasteiger partial charge on any atom is 0.407 e. The Hall–Kier alpha value is -2.04. The minimum atomic E-state index is -0.539. The van der Waals surface area contributed by atoms with Gasteiger partial charge in [0.05, 0.1) is 0 Å². The van der Waals surface area contributed by atoms with Gasteiger partial charge in [0, 0.05) is 24.4 Å². The van der Waals surface area contributed by atoms with Crippen molar-refractivity contribution in [2.45, 2.75) is 64.1 Å². The summed E-state index contributed by atoms with van der Waals surface area (Å²) in [6, 6.07) is 10.1. The van der Waals surface area contributed by atoms with Gasteiger partial charge < -0.3 is 15.4 Å². The molecule has 0 radical (unpaired) electrons. The number of carbonyl (C=O) groups excluding carboxylic acids is 2. The third-order valence-electron chi connectivity index (χ3n) is 3.62. The molecular weight excluding hydrogens is 292 g/mol. The van der Waals surface area contributed by atoms with Crippen molar-refractivity contribution in [3.05, 3.63) is 35.9 Å². The Morgan fingerprint density at radius 2 is 1.91 bits per heavy atom. The van der Waals surface area contributed by atoms with Crippen molar-refractivity contribution in [1.29, 1.82) is 0 Å². The van der Waals surface area contributed by atoms with E-state index in [-0.39, 0.29) is 24.4 Å². The van der Waals surface area contributed by atoms with Crippen LogP contribution in [0.3, 0.4) is 0 Å². The van der Waals surface area contributed by atoms with E-state index < -0.39 is 11.7 Å². The van der Waals surface area contributed by atoms with Gasteiger partial charge in [-0.2, -0.15) is 0 Å². The number of hydrogen-bond acceptors (Lipinski definition) is 3. The molecule has 0 aromatic heterocycles.